The molecule has 16 heavy (non-hydrogen) atoms. The Labute approximate surface area is 97.0 Å². The first-order valence-corrected chi connectivity index (χ1v) is 6.06. The summed E-state index contributed by atoms with van der Waals surface area (Å²) in [5.41, 5.74) is 1.24. The highest BCUT2D eigenvalue weighted by Crippen LogP contribution is 2.16. The number of nitrogens with zero attached hydrogens (tertiary/aromatic N) is 2. The second-order valence-electron chi connectivity index (χ2n) is 4.57. The molecule has 1 atom stereocenters. The van der Waals surface area contributed by atoms with E-state index in [0.29, 0.717) is 6.04 Å². The van der Waals surface area contributed by atoms with Crippen LogP contribution in [0.15, 0.2) is 12.3 Å². The molecule has 1 aliphatic heterocycles. The van der Waals surface area contributed by atoms with Crippen molar-refractivity contribution in [1.82, 2.24) is 15.1 Å². The number of aromatic nitrogens is 2. The van der Waals surface area contributed by atoms with Crippen LogP contribution in [0.4, 0.5) is 0 Å². The van der Waals surface area contributed by atoms with Crippen molar-refractivity contribution in [3.63, 3.8) is 0 Å². The van der Waals surface area contributed by atoms with Gasteiger partial charge in [-0.25, -0.2) is 0 Å². The van der Waals surface area contributed by atoms with E-state index >= 15 is 0 Å². The maximum absolute atomic E-state index is 5.36. The van der Waals surface area contributed by atoms with Gasteiger partial charge in [0, 0.05) is 32.5 Å². The van der Waals surface area contributed by atoms with Crippen molar-refractivity contribution in [2.24, 2.45) is 13.0 Å². The molecule has 2 heterocycles. The third-order valence-electron chi connectivity index (χ3n) is 3.36. The fraction of sp³-hybridized carbons (Fsp3) is 0.750. The first-order valence-electron chi connectivity index (χ1n) is 6.06. The van der Waals surface area contributed by atoms with Crippen molar-refractivity contribution in [2.45, 2.75) is 25.8 Å². The summed E-state index contributed by atoms with van der Waals surface area (Å²) >= 11 is 0. The zero-order valence-corrected chi connectivity index (χ0v) is 10.1. The number of rotatable bonds is 4. The van der Waals surface area contributed by atoms with Crippen molar-refractivity contribution < 1.29 is 4.74 Å². The van der Waals surface area contributed by atoms with Crippen LogP contribution in [0.3, 0.4) is 0 Å². The molecule has 90 valence electrons. The lowest BCUT2D eigenvalue weighted by atomic mass is 10.00. The molecule has 0 amide bonds. The van der Waals surface area contributed by atoms with Crippen molar-refractivity contribution in [1.29, 1.82) is 0 Å². The van der Waals surface area contributed by atoms with E-state index in [1.54, 1.807) is 0 Å². The van der Waals surface area contributed by atoms with Crippen LogP contribution >= 0.6 is 0 Å². The van der Waals surface area contributed by atoms with Gasteiger partial charge >= 0.3 is 0 Å². The second-order valence-corrected chi connectivity index (χ2v) is 4.57. The van der Waals surface area contributed by atoms with Crippen molar-refractivity contribution in [2.75, 3.05) is 19.8 Å². The highest BCUT2D eigenvalue weighted by Gasteiger charge is 2.15. The molecule has 0 aromatic carbocycles. The molecular formula is C12H21N3O. The van der Waals surface area contributed by atoms with E-state index in [1.165, 1.54) is 18.5 Å². The molecule has 0 saturated carbocycles. The molecule has 4 heteroatoms. The normalized spacial score (nSPS) is 19.9. The second kappa shape index (κ2) is 5.46. The summed E-state index contributed by atoms with van der Waals surface area (Å²) in [4.78, 5) is 0. The Balaban J connectivity index is 1.79. The molecule has 1 saturated heterocycles. The number of hydrogen-bond donors (Lipinski definition) is 1. The molecule has 1 aromatic heterocycles. The first-order chi connectivity index (χ1) is 7.77. The fourth-order valence-corrected chi connectivity index (χ4v) is 2.21. The first kappa shape index (κ1) is 11.6. The number of ether oxygens (including phenoxy) is 1. The monoisotopic (exact) mass is 223 g/mol. The van der Waals surface area contributed by atoms with E-state index in [2.05, 4.69) is 23.4 Å². The lowest BCUT2D eigenvalue weighted by Gasteiger charge is -2.24. The van der Waals surface area contributed by atoms with Crippen LogP contribution in [0.5, 0.6) is 0 Å². The molecule has 0 bridgehead atoms. The number of nitrogens with one attached hydrogen (secondary N) is 1. The summed E-state index contributed by atoms with van der Waals surface area (Å²) in [6.07, 6.45) is 4.22. The van der Waals surface area contributed by atoms with Gasteiger partial charge < -0.3 is 10.1 Å². The van der Waals surface area contributed by atoms with Crippen LogP contribution < -0.4 is 5.32 Å². The standard InChI is InChI=1S/C12H21N3O/c1-10(12-3-6-14-15(12)2)13-9-11-4-7-16-8-5-11/h3,6,10-11,13H,4-5,7-9H2,1-2H3. The van der Waals surface area contributed by atoms with Gasteiger partial charge in [-0.05, 0) is 38.3 Å². The summed E-state index contributed by atoms with van der Waals surface area (Å²) in [6.45, 7) is 5.12. The van der Waals surface area contributed by atoms with Gasteiger partial charge in [-0.1, -0.05) is 0 Å². The summed E-state index contributed by atoms with van der Waals surface area (Å²) in [7, 11) is 1.99. The predicted molar refractivity (Wildman–Crippen MR) is 63.2 cm³/mol. The Morgan fingerprint density at radius 2 is 2.31 bits per heavy atom. The fourth-order valence-electron chi connectivity index (χ4n) is 2.21. The van der Waals surface area contributed by atoms with Crippen LogP contribution in [-0.4, -0.2) is 29.5 Å². The summed E-state index contributed by atoms with van der Waals surface area (Å²) in [5.74, 6) is 0.768. The van der Waals surface area contributed by atoms with E-state index in [4.69, 9.17) is 4.74 Å². The van der Waals surface area contributed by atoms with Crippen molar-refractivity contribution >= 4 is 0 Å². The Hall–Kier alpha value is -0.870. The third kappa shape index (κ3) is 2.83. The Morgan fingerprint density at radius 3 is 2.94 bits per heavy atom. The lowest BCUT2D eigenvalue weighted by molar-refractivity contribution is 0.0655. The van der Waals surface area contributed by atoms with Crippen LogP contribution in [0.2, 0.25) is 0 Å². The molecule has 1 fully saturated rings. The number of hydrogen-bond acceptors (Lipinski definition) is 3. The summed E-state index contributed by atoms with van der Waals surface area (Å²) in [6, 6.07) is 2.44. The molecule has 0 spiro atoms. The van der Waals surface area contributed by atoms with Gasteiger partial charge in [0.25, 0.3) is 0 Å². The minimum Gasteiger partial charge on any atom is -0.381 e. The van der Waals surface area contributed by atoms with Crippen molar-refractivity contribution in [3.8, 4) is 0 Å². The average molecular weight is 223 g/mol. The zero-order valence-electron chi connectivity index (χ0n) is 10.1. The minimum absolute atomic E-state index is 0.371. The van der Waals surface area contributed by atoms with Gasteiger partial charge in [-0.3, -0.25) is 4.68 Å². The highest BCUT2D eigenvalue weighted by molar-refractivity contribution is 5.05. The third-order valence-corrected chi connectivity index (χ3v) is 3.36. The van der Waals surface area contributed by atoms with E-state index < -0.39 is 0 Å². The minimum atomic E-state index is 0.371. The Bertz CT molecular complexity index is 318. The van der Waals surface area contributed by atoms with Gasteiger partial charge in [0.2, 0.25) is 0 Å². The smallest absolute Gasteiger partial charge is 0.0547 e. The summed E-state index contributed by atoms with van der Waals surface area (Å²) < 4.78 is 7.29. The van der Waals surface area contributed by atoms with Gasteiger partial charge in [-0.15, -0.1) is 0 Å². The topological polar surface area (TPSA) is 39.1 Å². The summed E-state index contributed by atoms with van der Waals surface area (Å²) in [5, 5.41) is 7.77. The molecule has 0 radical (unpaired) electrons. The lowest BCUT2D eigenvalue weighted by Crippen LogP contribution is -2.30. The van der Waals surface area contributed by atoms with E-state index in [-0.39, 0.29) is 0 Å². The van der Waals surface area contributed by atoms with Crippen LogP contribution in [0.25, 0.3) is 0 Å². The van der Waals surface area contributed by atoms with Gasteiger partial charge in [-0.2, -0.15) is 5.10 Å². The predicted octanol–water partition coefficient (Wildman–Crippen LogP) is 1.50. The molecule has 1 unspecified atom stereocenters. The molecular weight excluding hydrogens is 202 g/mol. The Kier molecular flexibility index (Phi) is 3.96. The van der Waals surface area contributed by atoms with Gasteiger partial charge in [0.1, 0.15) is 0 Å². The van der Waals surface area contributed by atoms with Crippen molar-refractivity contribution in [3.05, 3.63) is 18.0 Å². The molecule has 0 aliphatic carbocycles. The van der Waals surface area contributed by atoms with Crippen LogP contribution in [0.1, 0.15) is 31.5 Å². The highest BCUT2D eigenvalue weighted by atomic mass is 16.5. The maximum Gasteiger partial charge on any atom is 0.0547 e. The van der Waals surface area contributed by atoms with E-state index in [9.17, 15) is 0 Å². The number of aryl methyl sites for hydroxylation is 1. The molecule has 4 nitrogen and oxygen atoms in total. The van der Waals surface area contributed by atoms with Gasteiger partial charge in [0.15, 0.2) is 0 Å². The average Bonchev–Trinajstić information content (AvgIpc) is 2.74. The van der Waals surface area contributed by atoms with E-state index in [0.717, 1.165) is 25.7 Å². The zero-order chi connectivity index (χ0) is 11.4. The SMILES string of the molecule is CC(NCC1CCOCC1)c1ccnn1C. The molecule has 1 aliphatic rings. The van der Waals surface area contributed by atoms with Crippen LogP contribution in [-0.2, 0) is 11.8 Å². The molecule has 1 N–H and O–H groups in total. The molecule has 1 aromatic rings. The van der Waals surface area contributed by atoms with E-state index in [1.807, 2.05) is 17.9 Å². The van der Waals surface area contributed by atoms with Crippen LogP contribution in [0, 0.1) is 5.92 Å². The van der Waals surface area contributed by atoms with Gasteiger partial charge in [0.05, 0.1) is 5.69 Å². The maximum atomic E-state index is 5.36. The molecule has 2 rings (SSSR count). The Morgan fingerprint density at radius 1 is 1.56 bits per heavy atom. The quantitative estimate of drug-likeness (QED) is 0.840. The largest absolute Gasteiger partial charge is 0.381 e.